The van der Waals surface area contributed by atoms with Crippen LogP contribution in [0.5, 0.6) is 0 Å². The van der Waals surface area contributed by atoms with Gasteiger partial charge >= 0.3 is 0 Å². The molecule has 0 atom stereocenters. The summed E-state index contributed by atoms with van der Waals surface area (Å²) in [6, 6.07) is 8.67. The van der Waals surface area contributed by atoms with Crippen molar-refractivity contribution in [3.63, 3.8) is 0 Å². The molecule has 14 heavy (non-hydrogen) atoms. The van der Waals surface area contributed by atoms with Gasteiger partial charge in [0.25, 0.3) is 0 Å². The summed E-state index contributed by atoms with van der Waals surface area (Å²) >= 11 is 0. The number of rotatable bonds is 5. The first-order chi connectivity index (χ1) is 6.72. The standard InChI is InChI=1S/C13H19N/c1-11-4-6-13(7-5-11)10-12(2)8-9-14-3/h4-7,14H,2,8-10H2,1,3H3. The number of hydrogen-bond acceptors (Lipinski definition) is 1. The van der Waals surface area contributed by atoms with Crippen molar-refractivity contribution >= 4 is 0 Å². The van der Waals surface area contributed by atoms with Crippen LogP contribution >= 0.6 is 0 Å². The van der Waals surface area contributed by atoms with E-state index in [9.17, 15) is 0 Å². The highest BCUT2D eigenvalue weighted by Crippen LogP contribution is 2.10. The molecule has 1 N–H and O–H groups in total. The molecule has 1 aromatic rings. The average molecular weight is 189 g/mol. The van der Waals surface area contributed by atoms with E-state index in [2.05, 4.69) is 43.1 Å². The highest BCUT2D eigenvalue weighted by Gasteiger charge is 1.96. The van der Waals surface area contributed by atoms with E-state index in [0.717, 1.165) is 19.4 Å². The number of benzene rings is 1. The van der Waals surface area contributed by atoms with Gasteiger partial charge in [-0.1, -0.05) is 42.0 Å². The van der Waals surface area contributed by atoms with E-state index in [1.54, 1.807) is 0 Å². The third kappa shape index (κ3) is 3.75. The molecule has 0 spiro atoms. The molecule has 0 fully saturated rings. The van der Waals surface area contributed by atoms with Crippen molar-refractivity contribution in [3.05, 3.63) is 47.5 Å². The summed E-state index contributed by atoms with van der Waals surface area (Å²) in [4.78, 5) is 0. The first kappa shape index (κ1) is 11.0. The minimum absolute atomic E-state index is 1.00. The maximum absolute atomic E-state index is 4.07. The van der Waals surface area contributed by atoms with Gasteiger partial charge in [-0.25, -0.2) is 0 Å². The monoisotopic (exact) mass is 189 g/mol. The first-order valence-corrected chi connectivity index (χ1v) is 5.09. The third-order valence-electron chi connectivity index (χ3n) is 2.30. The quantitative estimate of drug-likeness (QED) is 0.702. The largest absolute Gasteiger partial charge is 0.319 e. The summed E-state index contributed by atoms with van der Waals surface area (Å²) in [5.41, 5.74) is 3.97. The number of aryl methyl sites for hydroxylation is 1. The summed E-state index contributed by atoms with van der Waals surface area (Å²) in [6.07, 6.45) is 2.06. The van der Waals surface area contributed by atoms with E-state index in [1.807, 2.05) is 7.05 Å². The summed E-state index contributed by atoms with van der Waals surface area (Å²) in [6.45, 7) is 7.20. The molecule has 1 heteroatoms. The lowest BCUT2D eigenvalue weighted by Crippen LogP contribution is -2.08. The Balaban J connectivity index is 2.44. The molecule has 76 valence electrons. The second-order valence-corrected chi connectivity index (χ2v) is 3.77. The topological polar surface area (TPSA) is 12.0 Å². The number of hydrogen-bond donors (Lipinski definition) is 1. The minimum Gasteiger partial charge on any atom is -0.319 e. The van der Waals surface area contributed by atoms with Gasteiger partial charge in [0.05, 0.1) is 0 Å². The van der Waals surface area contributed by atoms with Crippen molar-refractivity contribution in [1.29, 1.82) is 0 Å². The van der Waals surface area contributed by atoms with Gasteiger partial charge in [-0.3, -0.25) is 0 Å². The van der Waals surface area contributed by atoms with Gasteiger partial charge in [-0.2, -0.15) is 0 Å². The maximum Gasteiger partial charge on any atom is -0.00146 e. The fraction of sp³-hybridized carbons (Fsp3) is 0.385. The second-order valence-electron chi connectivity index (χ2n) is 3.77. The Morgan fingerprint density at radius 3 is 2.50 bits per heavy atom. The van der Waals surface area contributed by atoms with Crippen LogP contribution in [-0.2, 0) is 6.42 Å². The zero-order valence-electron chi connectivity index (χ0n) is 9.14. The summed E-state index contributed by atoms with van der Waals surface area (Å²) < 4.78 is 0. The molecule has 1 aromatic carbocycles. The zero-order chi connectivity index (χ0) is 10.4. The van der Waals surface area contributed by atoms with Gasteiger partial charge < -0.3 is 5.32 Å². The fourth-order valence-corrected chi connectivity index (χ4v) is 1.38. The van der Waals surface area contributed by atoms with Crippen LogP contribution in [0.25, 0.3) is 0 Å². The van der Waals surface area contributed by atoms with Crippen LogP contribution < -0.4 is 5.32 Å². The Bertz CT molecular complexity index is 285. The van der Waals surface area contributed by atoms with E-state index in [-0.39, 0.29) is 0 Å². The Hall–Kier alpha value is -1.08. The maximum atomic E-state index is 4.07. The Kier molecular flexibility index (Phi) is 4.41. The highest BCUT2D eigenvalue weighted by molar-refractivity contribution is 5.24. The molecule has 1 nitrogen and oxygen atoms in total. The van der Waals surface area contributed by atoms with E-state index < -0.39 is 0 Å². The minimum atomic E-state index is 1.00. The van der Waals surface area contributed by atoms with Crippen LogP contribution in [-0.4, -0.2) is 13.6 Å². The number of nitrogens with one attached hydrogen (secondary N) is 1. The zero-order valence-corrected chi connectivity index (χ0v) is 9.14. The van der Waals surface area contributed by atoms with Gasteiger partial charge in [0.2, 0.25) is 0 Å². The molecule has 0 saturated heterocycles. The molecule has 0 heterocycles. The molecule has 0 aliphatic heterocycles. The van der Waals surface area contributed by atoms with Crippen LogP contribution in [0, 0.1) is 6.92 Å². The Morgan fingerprint density at radius 1 is 1.29 bits per heavy atom. The van der Waals surface area contributed by atoms with Crippen molar-refractivity contribution in [3.8, 4) is 0 Å². The first-order valence-electron chi connectivity index (χ1n) is 5.09. The van der Waals surface area contributed by atoms with Crippen molar-refractivity contribution in [2.45, 2.75) is 19.8 Å². The normalized spacial score (nSPS) is 10.1. The van der Waals surface area contributed by atoms with Crippen LogP contribution in [0.1, 0.15) is 17.5 Å². The molecule has 0 radical (unpaired) electrons. The van der Waals surface area contributed by atoms with Crippen LogP contribution in [0.3, 0.4) is 0 Å². The van der Waals surface area contributed by atoms with Gasteiger partial charge in [-0.15, -0.1) is 0 Å². The fourth-order valence-electron chi connectivity index (χ4n) is 1.38. The van der Waals surface area contributed by atoms with Crippen molar-refractivity contribution in [1.82, 2.24) is 5.32 Å². The van der Waals surface area contributed by atoms with Crippen molar-refractivity contribution in [2.75, 3.05) is 13.6 Å². The van der Waals surface area contributed by atoms with Crippen LogP contribution in [0.15, 0.2) is 36.4 Å². The third-order valence-corrected chi connectivity index (χ3v) is 2.30. The lowest BCUT2D eigenvalue weighted by Gasteiger charge is -2.05. The Morgan fingerprint density at radius 2 is 1.93 bits per heavy atom. The lowest BCUT2D eigenvalue weighted by molar-refractivity contribution is 0.774. The molecule has 0 unspecified atom stereocenters. The predicted molar refractivity (Wildman–Crippen MR) is 62.6 cm³/mol. The van der Waals surface area contributed by atoms with Gasteiger partial charge in [0.15, 0.2) is 0 Å². The predicted octanol–water partition coefficient (Wildman–Crippen LogP) is 2.70. The van der Waals surface area contributed by atoms with E-state index in [1.165, 1.54) is 16.7 Å². The highest BCUT2D eigenvalue weighted by atomic mass is 14.8. The molecular formula is C13H19N. The van der Waals surface area contributed by atoms with E-state index >= 15 is 0 Å². The van der Waals surface area contributed by atoms with Crippen LogP contribution in [0.4, 0.5) is 0 Å². The molecule has 0 saturated carbocycles. The van der Waals surface area contributed by atoms with Crippen molar-refractivity contribution in [2.24, 2.45) is 0 Å². The molecule has 0 aliphatic rings. The van der Waals surface area contributed by atoms with Gasteiger partial charge in [0, 0.05) is 0 Å². The average Bonchev–Trinajstić information content (AvgIpc) is 2.18. The van der Waals surface area contributed by atoms with Crippen molar-refractivity contribution < 1.29 is 0 Å². The molecule has 1 rings (SSSR count). The van der Waals surface area contributed by atoms with Gasteiger partial charge in [0.1, 0.15) is 0 Å². The molecule has 0 aliphatic carbocycles. The second kappa shape index (κ2) is 5.61. The summed E-state index contributed by atoms with van der Waals surface area (Å²) in [5.74, 6) is 0. The lowest BCUT2D eigenvalue weighted by atomic mass is 10.0. The molecule has 0 bridgehead atoms. The van der Waals surface area contributed by atoms with E-state index in [0.29, 0.717) is 0 Å². The summed E-state index contributed by atoms with van der Waals surface area (Å²) in [7, 11) is 1.97. The summed E-state index contributed by atoms with van der Waals surface area (Å²) in [5, 5.41) is 3.13. The van der Waals surface area contributed by atoms with E-state index in [4.69, 9.17) is 0 Å². The van der Waals surface area contributed by atoms with Gasteiger partial charge in [-0.05, 0) is 38.9 Å². The smallest absolute Gasteiger partial charge is 0.00146 e. The Labute approximate surface area is 86.8 Å². The van der Waals surface area contributed by atoms with Crippen LogP contribution in [0.2, 0.25) is 0 Å². The molecule has 0 amide bonds. The molecule has 0 aromatic heterocycles. The molecular weight excluding hydrogens is 170 g/mol. The SMILES string of the molecule is C=C(CCNC)Cc1ccc(C)cc1.